The summed E-state index contributed by atoms with van der Waals surface area (Å²) in [6, 6.07) is 27.1. The van der Waals surface area contributed by atoms with Gasteiger partial charge in [-0.3, -0.25) is 5.32 Å². The van der Waals surface area contributed by atoms with Crippen molar-refractivity contribution in [2.24, 2.45) is 4.99 Å². The van der Waals surface area contributed by atoms with Gasteiger partial charge in [0, 0.05) is 11.3 Å². The minimum Gasteiger partial charge on any atom is -0.465 e. The Labute approximate surface area is 170 Å². The van der Waals surface area contributed by atoms with Gasteiger partial charge in [0.15, 0.2) is 12.2 Å². The average molecular weight is 386 g/mol. The Hall–Kier alpha value is -3.60. The Balaban J connectivity index is 1.54. The summed E-state index contributed by atoms with van der Waals surface area (Å²) in [6.07, 6.45) is -1.50. The second kappa shape index (κ2) is 8.61. The Morgan fingerprint density at radius 2 is 1.72 bits per heavy atom. The maximum Gasteiger partial charge on any atom is 0.412 e. The molecule has 1 amide bonds. The van der Waals surface area contributed by atoms with Crippen LogP contribution in [-0.2, 0) is 9.47 Å². The van der Waals surface area contributed by atoms with Crippen molar-refractivity contribution < 1.29 is 14.3 Å². The summed E-state index contributed by atoms with van der Waals surface area (Å²) in [5.74, 6) is 0.554. The molecule has 0 aromatic heterocycles. The fraction of sp³-hybridized carbons (Fsp3) is 0.167. The molecule has 1 aliphatic rings. The van der Waals surface area contributed by atoms with E-state index in [1.54, 1.807) is 0 Å². The van der Waals surface area contributed by atoms with Crippen LogP contribution >= 0.6 is 0 Å². The number of amides is 1. The number of anilines is 1. The summed E-state index contributed by atoms with van der Waals surface area (Å²) in [5, 5.41) is 2.78. The van der Waals surface area contributed by atoms with Gasteiger partial charge in [0.05, 0.1) is 6.54 Å². The molecule has 4 rings (SSSR count). The Kier molecular flexibility index (Phi) is 5.56. The third-order valence-electron chi connectivity index (χ3n) is 4.66. The van der Waals surface area contributed by atoms with Crippen molar-refractivity contribution in [3.8, 4) is 0 Å². The Bertz CT molecular complexity index is 1000. The van der Waals surface area contributed by atoms with Gasteiger partial charge in [0.2, 0.25) is 5.90 Å². The first kappa shape index (κ1) is 18.7. The van der Waals surface area contributed by atoms with Crippen molar-refractivity contribution in [2.45, 2.75) is 19.1 Å². The first-order valence-corrected chi connectivity index (χ1v) is 9.55. The largest absolute Gasteiger partial charge is 0.465 e. The number of aryl methyl sites for hydroxylation is 1. The molecule has 0 saturated carbocycles. The summed E-state index contributed by atoms with van der Waals surface area (Å²) < 4.78 is 11.9. The van der Waals surface area contributed by atoms with Gasteiger partial charge >= 0.3 is 6.09 Å². The van der Waals surface area contributed by atoms with Gasteiger partial charge in [0.1, 0.15) is 0 Å². The number of hydrogen-bond donors (Lipinski definition) is 1. The average Bonchev–Trinajstić information content (AvgIpc) is 2.75. The van der Waals surface area contributed by atoms with E-state index in [4.69, 9.17) is 9.47 Å². The van der Waals surface area contributed by atoms with Crippen LogP contribution in [0, 0.1) is 6.92 Å². The zero-order valence-corrected chi connectivity index (χ0v) is 16.1. The van der Waals surface area contributed by atoms with E-state index in [0.717, 1.165) is 16.7 Å². The third kappa shape index (κ3) is 4.63. The molecule has 3 aromatic carbocycles. The van der Waals surface area contributed by atoms with Crippen LogP contribution in [0.4, 0.5) is 10.5 Å². The van der Waals surface area contributed by atoms with Crippen LogP contribution in [0.2, 0.25) is 0 Å². The molecule has 29 heavy (non-hydrogen) atoms. The number of carbonyl (C=O) groups excluding carboxylic acids is 1. The van der Waals surface area contributed by atoms with E-state index in [2.05, 4.69) is 10.3 Å². The molecule has 1 heterocycles. The summed E-state index contributed by atoms with van der Waals surface area (Å²) in [6.45, 7) is 2.29. The molecule has 0 saturated heterocycles. The van der Waals surface area contributed by atoms with Crippen LogP contribution in [0.3, 0.4) is 0 Å². The van der Waals surface area contributed by atoms with E-state index < -0.39 is 18.3 Å². The van der Waals surface area contributed by atoms with Crippen LogP contribution in [0.1, 0.15) is 22.8 Å². The van der Waals surface area contributed by atoms with Crippen molar-refractivity contribution >= 4 is 17.7 Å². The first-order valence-electron chi connectivity index (χ1n) is 9.55. The topological polar surface area (TPSA) is 59.9 Å². The summed E-state index contributed by atoms with van der Waals surface area (Å²) >= 11 is 0. The van der Waals surface area contributed by atoms with Crippen LogP contribution in [0.5, 0.6) is 0 Å². The lowest BCUT2D eigenvalue weighted by atomic mass is 10.0. The monoisotopic (exact) mass is 386 g/mol. The molecule has 3 aromatic rings. The molecule has 0 aliphatic carbocycles. The van der Waals surface area contributed by atoms with E-state index in [0.29, 0.717) is 18.1 Å². The molecule has 0 radical (unpaired) electrons. The van der Waals surface area contributed by atoms with Crippen molar-refractivity contribution in [2.75, 3.05) is 11.9 Å². The van der Waals surface area contributed by atoms with E-state index in [1.807, 2.05) is 91.9 Å². The Morgan fingerprint density at radius 3 is 2.45 bits per heavy atom. The fourth-order valence-electron chi connectivity index (χ4n) is 3.27. The maximum absolute atomic E-state index is 12.5. The van der Waals surface area contributed by atoms with Crippen molar-refractivity contribution in [3.05, 3.63) is 102 Å². The molecule has 0 spiro atoms. The van der Waals surface area contributed by atoms with Crippen molar-refractivity contribution in [1.29, 1.82) is 0 Å². The molecule has 0 bridgehead atoms. The van der Waals surface area contributed by atoms with E-state index in [9.17, 15) is 4.79 Å². The molecule has 5 nitrogen and oxygen atoms in total. The molecule has 5 heteroatoms. The van der Waals surface area contributed by atoms with Crippen LogP contribution in [0.25, 0.3) is 0 Å². The van der Waals surface area contributed by atoms with E-state index in [-0.39, 0.29) is 0 Å². The number of rotatable bonds is 4. The van der Waals surface area contributed by atoms with Crippen LogP contribution in [-0.4, -0.2) is 24.6 Å². The van der Waals surface area contributed by atoms with Gasteiger partial charge in [-0.25, -0.2) is 9.79 Å². The van der Waals surface area contributed by atoms with E-state index >= 15 is 0 Å². The molecule has 2 unspecified atom stereocenters. The van der Waals surface area contributed by atoms with Gasteiger partial charge < -0.3 is 9.47 Å². The number of hydrogen-bond acceptors (Lipinski definition) is 4. The zero-order valence-electron chi connectivity index (χ0n) is 16.1. The second-order valence-corrected chi connectivity index (χ2v) is 6.90. The van der Waals surface area contributed by atoms with Crippen LogP contribution < -0.4 is 5.32 Å². The lowest BCUT2D eigenvalue weighted by Crippen LogP contribution is -2.37. The van der Waals surface area contributed by atoms with Gasteiger partial charge in [0.25, 0.3) is 0 Å². The molecule has 1 N–H and O–H groups in total. The molecule has 146 valence electrons. The molecule has 2 atom stereocenters. The summed E-state index contributed by atoms with van der Waals surface area (Å²) in [4.78, 5) is 17.0. The quantitative estimate of drug-likeness (QED) is 0.676. The number of benzene rings is 3. The molecule has 0 fully saturated rings. The highest BCUT2D eigenvalue weighted by atomic mass is 16.6. The smallest absolute Gasteiger partial charge is 0.412 e. The normalized spacial score (nSPS) is 18.3. The number of nitrogens with zero attached hydrogens (tertiary/aromatic N) is 1. The van der Waals surface area contributed by atoms with Crippen molar-refractivity contribution in [1.82, 2.24) is 0 Å². The first-order chi connectivity index (χ1) is 14.2. The minimum atomic E-state index is -0.533. The standard InChI is InChI=1S/C24H22N2O3/c1-17-9-8-14-20(15-17)26-24(27)28-21-16-25-23(19-12-6-3-7-13-19)29-22(21)18-10-4-2-5-11-18/h2-15,21-22H,16H2,1H3,(H,26,27). The highest BCUT2D eigenvalue weighted by Gasteiger charge is 2.33. The number of nitrogens with one attached hydrogen (secondary N) is 1. The zero-order chi connectivity index (χ0) is 20.1. The SMILES string of the molecule is Cc1cccc(NC(=O)OC2CN=C(c3ccccc3)OC2c2ccccc2)c1. The lowest BCUT2D eigenvalue weighted by Gasteiger charge is -2.31. The highest BCUT2D eigenvalue weighted by Crippen LogP contribution is 2.29. The number of ether oxygens (including phenoxy) is 2. The summed E-state index contributed by atoms with van der Waals surface area (Å²) in [5.41, 5.74) is 3.58. The summed E-state index contributed by atoms with van der Waals surface area (Å²) in [7, 11) is 0. The third-order valence-corrected chi connectivity index (χ3v) is 4.66. The van der Waals surface area contributed by atoms with E-state index in [1.165, 1.54) is 0 Å². The predicted molar refractivity (Wildman–Crippen MR) is 113 cm³/mol. The van der Waals surface area contributed by atoms with Crippen molar-refractivity contribution in [3.63, 3.8) is 0 Å². The van der Waals surface area contributed by atoms with Gasteiger partial charge in [-0.2, -0.15) is 0 Å². The number of carbonyl (C=O) groups is 1. The van der Waals surface area contributed by atoms with Gasteiger partial charge in [-0.15, -0.1) is 0 Å². The maximum atomic E-state index is 12.5. The van der Waals surface area contributed by atoms with Gasteiger partial charge in [-0.05, 0) is 42.3 Å². The predicted octanol–water partition coefficient (Wildman–Crippen LogP) is 5.13. The minimum absolute atomic E-state index is 0.324. The highest BCUT2D eigenvalue weighted by molar-refractivity contribution is 5.94. The molecular weight excluding hydrogens is 364 g/mol. The molecular formula is C24H22N2O3. The fourth-order valence-corrected chi connectivity index (χ4v) is 3.27. The number of aliphatic imine (C=N–C) groups is 1. The lowest BCUT2D eigenvalue weighted by molar-refractivity contribution is 0.00996. The van der Waals surface area contributed by atoms with Gasteiger partial charge in [-0.1, -0.05) is 60.7 Å². The second-order valence-electron chi connectivity index (χ2n) is 6.90. The van der Waals surface area contributed by atoms with Crippen LogP contribution in [0.15, 0.2) is 89.9 Å². The Morgan fingerprint density at radius 1 is 1.00 bits per heavy atom. The molecule has 1 aliphatic heterocycles.